The van der Waals surface area contributed by atoms with Crippen molar-refractivity contribution in [1.29, 1.82) is 0 Å². The average Bonchev–Trinajstić information content (AvgIpc) is 3.48. The van der Waals surface area contributed by atoms with Crippen molar-refractivity contribution in [3.63, 3.8) is 0 Å². The van der Waals surface area contributed by atoms with Crippen LogP contribution in [0, 0.1) is 6.92 Å². The van der Waals surface area contributed by atoms with Gasteiger partial charge in [0.1, 0.15) is 5.69 Å². The number of nitrogens with one attached hydrogen (secondary N) is 1. The molecule has 158 valence electrons. The number of aromatic nitrogens is 5. The molecule has 8 heteroatoms. The summed E-state index contributed by atoms with van der Waals surface area (Å²) < 4.78 is 4.04. The predicted octanol–water partition coefficient (Wildman–Crippen LogP) is 4.90. The van der Waals surface area contributed by atoms with Gasteiger partial charge in [0.05, 0.1) is 17.7 Å². The first-order valence-corrected chi connectivity index (χ1v) is 10.9. The number of carbonyl (C=O) groups is 1. The number of anilines is 1. The third-order valence-corrected chi connectivity index (χ3v) is 5.73. The molecule has 0 aliphatic rings. The van der Waals surface area contributed by atoms with E-state index < -0.39 is 0 Å². The molecule has 0 aliphatic heterocycles. The van der Waals surface area contributed by atoms with Crippen LogP contribution in [0.4, 0.5) is 5.13 Å². The Bertz CT molecular complexity index is 1200. The number of nitrogens with zero attached hydrogens (tertiary/aromatic N) is 5. The van der Waals surface area contributed by atoms with Gasteiger partial charge in [-0.15, -0.1) is 11.3 Å². The lowest BCUT2D eigenvalue weighted by molar-refractivity contribution is 0.101. The lowest BCUT2D eigenvalue weighted by Gasteiger charge is -2.08. The molecule has 4 heterocycles. The molecule has 1 N–H and O–H groups in total. The lowest BCUT2D eigenvalue weighted by Crippen LogP contribution is -2.17. The van der Waals surface area contributed by atoms with Crippen LogP contribution in [0.5, 0.6) is 0 Å². The van der Waals surface area contributed by atoms with Crippen molar-refractivity contribution in [2.24, 2.45) is 0 Å². The summed E-state index contributed by atoms with van der Waals surface area (Å²) in [5, 5.41) is 5.38. The van der Waals surface area contributed by atoms with Crippen molar-refractivity contribution < 1.29 is 4.79 Å². The Kier molecular flexibility index (Phi) is 6.08. The van der Waals surface area contributed by atoms with Crippen LogP contribution in [-0.2, 0) is 6.54 Å². The van der Waals surface area contributed by atoms with Gasteiger partial charge in [-0.1, -0.05) is 0 Å². The van der Waals surface area contributed by atoms with Gasteiger partial charge in [0, 0.05) is 42.3 Å². The Hall–Kier alpha value is -3.52. The van der Waals surface area contributed by atoms with Crippen molar-refractivity contribution in [3.05, 3.63) is 82.9 Å². The normalized spacial score (nSPS) is 11.5. The minimum absolute atomic E-state index is 0.185. The van der Waals surface area contributed by atoms with Gasteiger partial charge in [-0.2, -0.15) is 0 Å². The van der Waals surface area contributed by atoms with Crippen molar-refractivity contribution in [1.82, 2.24) is 24.1 Å². The van der Waals surface area contributed by atoms with Gasteiger partial charge >= 0.3 is 0 Å². The fourth-order valence-corrected chi connectivity index (χ4v) is 3.98. The molecule has 0 radical (unpaired) electrons. The summed E-state index contributed by atoms with van der Waals surface area (Å²) in [5.74, 6) is -0.185. The predicted molar refractivity (Wildman–Crippen MR) is 124 cm³/mol. The van der Waals surface area contributed by atoms with E-state index >= 15 is 0 Å². The van der Waals surface area contributed by atoms with E-state index in [0.717, 1.165) is 22.6 Å². The number of amides is 1. The van der Waals surface area contributed by atoms with Crippen LogP contribution in [0.1, 0.15) is 53.0 Å². The maximum atomic E-state index is 12.8. The van der Waals surface area contributed by atoms with Gasteiger partial charge < -0.3 is 9.13 Å². The zero-order chi connectivity index (χ0) is 21.8. The van der Waals surface area contributed by atoms with Gasteiger partial charge in [0.15, 0.2) is 5.13 Å². The SMILES string of the molecule is Cc1c(C=Cc2csc(NC(=O)c3cccn3Cc3ccncc3)n2)ncn1C(C)C. The number of pyridine rings is 1. The number of hydrogen-bond acceptors (Lipinski definition) is 5. The maximum absolute atomic E-state index is 12.8. The van der Waals surface area contributed by atoms with Gasteiger partial charge in [0.25, 0.3) is 5.91 Å². The Morgan fingerprint density at radius 2 is 2.03 bits per heavy atom. The molecule has 0 unspecified atom stereocenters. The van der Waals surface area contributed by atoms with Crippen LogP contribution < -0.4 is 5.32 Å². The monoisotopic (exact) mass is 432 g/mol. The molecule has 4 aromatic rings. The summed E-state index contributed by atoms with van der Waals surface area (Å²) >= 11 is 1.40. The molecule has 4 rings (SSSR count). The van der Waals surface area contributed by atoms with E-state index in [-0.39, 0.29) is 5.91 Å². The van der Waals surface area contributed by atoms with Gasteiger partial charge in [0.2, 0.25) is 0 Å². The lowest BCUT2D eigenvalue weighted by atomic mass is 10.2. The molecular formula is C23H24N6OS. The van der Waals surface area contributed by atoms with Gasteiger partial charge in [-0.3, -0.25) is 15.1 Å². The van der Waals surface area contributed by atoms with Crippen LogP contribution in [-0.4, -0.2) is 30.0 Å². The van der Waals surface area contributed by atoms with Crippen molar-refractivity contribution >= 4 is 34.5 Å². The molecule has 0 saturated heterocycles. The molecule has 31 heavy (non-hydrogen) atoms. The van der Waals surface area contributed by atoms with Crippen molar-refractivity contribution in [2.75, 3.05) is 5.32 Å². The number of hydrogen-bond donors (Lipinski definition) is 1. The fourth-order valence-electron chi connectivity index (χ4n) is 3.31. The highest BCUT2D eigenvalue weighted by atomic mass is 32.1. The average molecular weight is 433 g/mol. The molecule has 1 amide bonds. The first-order chi connectivity index (χ1) is 15.0. The van der Waals surface area contributed by atoms with Crippen LogP contribution in [0.2, 0.25) is 0 Å². The van der Waals surface area contributed by atoms with Gasteiger partial charge in [-0.25, -0.2) is 9.97 Å². The van der Waals surface area contributed by atoms with Crippen LogP contribution >= 0.6 is 11.3 Å². The minimum Gasteiger partial charge on any atom is -0.339 e. The standard InChI is InChI=1S/C23H24N6OS/c1-16(2)29-15-25-20(17(29)3)7-6-19-14-31-23(26-19)27-22(30)21-5-4-12-28(21)13-18-8-10-24-11-9-18/h4-12,14-16H,13H2,1-3H3,(H,26,27,30). The molecule has 0 atom stereocenters. The first-order valence-electron chi connectivity index (χ1n) is 10.0. The second kappa shape index (κ2) is 9.09. The maximum Gasteiger partial charge on any atom is 0.274 e. The summed E-state index contributed by atoms with van der Waals surface area (Å²) in [6.07, 6.45) is 11.1. The molecule has 0 fully saturated rings. The summed E-state index contributed by atoms with van der Waals surface area (Å²) in [7, 11) is 0. The minimum atomic E-state index is -0.185. The molecule has 0 spiro atoms. The molecule has 4 aromatic heterocycles. The van der Waals surface area contributed by atoms with E-state index in [4.69, 9.17) is 0 Å². The summed E-state index contributed by atoms with van der Waals surface area (Å²) in [4.78, 5) is 25.8. The number of rotatable bonds is 7. The van der Waals surface area contributed by atoms with E-state index in [0.29, 0.717) is 23.4 Å². The van der Waals surface area contributed by atoms with Crippen LogP contribution in [0.15, 0.2) is 54.6 Å². The second-order valence-corrected chi connectivity index (χ2v) is 8.32. The summed E-state index contributed by atoms with van der Waals surface area (Å²) in [6, 6.07) is 7.91. The summed E-state index contributed by atoms with van der Waals surface area (Å²) in [6.45, 7) is 6.92. The van der Waals surface area contributed by atoms with Gasteiger partial charge in [-0.05, 0) is 62.8 Å². The molecule has 0 aliphatic carbocycles. The van der Waals surface area contributed by atoms with Crippen LogP contribution in [0.3, 0.4) is 0 Å². The largest absolute Gasteiger partial charge is 0.339 e. The number of thiazole rings is 1. The van der Waals surface area contributed by atoms with E-state index in [9.17, 15) is 4.79 Å². The quantitative estimate of drug-likeness (QED) is 0.451. The Labute approximate surface area is 185 Å². The highest BCUT2D eigenvalue weighted by Crippen LogP contribution is 2.20. The third-order valence-electron chi connectivity index (χ3n) is 4.95. The zero-order valence-electron chi connectivity index (χ0n) is 17.7. The smallest absolute Gasteiger partial charge is 0.274 e. The molecule has 7 nitrogen and oxygen atoms in total. The Morgan fingerprint density at radius 3 is 2.77 bits per heavy atom. The second-order valence-electron chi connectivity index (χ2n) is 7.46. The number of imidazole rings is 1. The Balaban J connectivity index is 1.43. The highest BCUT2D eigenvalue weighted by molar-refractivity contribution is 7.14. The molecule has 0 aromatic carbocycles. The molecular weight excluding hydrogens is 408 g/mol. The molecule has 0 bridgehead atoms. The van der Waals surface area contributed by atoms with E-state index in [2.05, 4.69) is 45.6 Å². The summed E-state index contributed by atoms with van der Waals surface area (Å²) in [5.41, 5.74) is 4.48. The van der Waals surface area contributed by atoms with E-state index in [1.165, 1.54) is 11.3 Å². The first kappa shape index (κ1) is 20.7. The highest BCUT2D eigenvalue weighted by Gasteiger charge is 2.13. The van der Waals surface area contributed by atoms with Crippen LogP contribution in [0.25, 0.3) is 12.2 Å². The Morgan fingerprint density at radius 1 is 1.23 bits per heavy atom. The van der Waals surface area contributed by atoms with Crippen molar-refractivity contribution in [3.8, 4) is 0 Å². The zero-order valence-corrected chi connectivity index (χ0v) is 18.5. The van der Waals surface area contributed by atoms with Crippen molar-refractivity contribution in [2.45, 2.75) is 33.4 Å². The topological polar surface area (TPSA) is 77.6 Å². The number of carbonyl (C=O) groups excluding carboxylic acids is 1. The van der Waals surface area contributed by atoms with E-state index in [1.54, 1.807) is 18.5 Å². The third kappa shape index (κ3) is 4.80. The fraction of sp³-hybridized carbons (Fsp3) is 0.217. The molecule has 0 saturated carbocycles. The van der Waals surface area contributed by atoms with E-state index in [1.807, 2.05) is 52.8 Å².